The molecule has 0 radical (unpaired) electrons. The molecule has 0 saturated heterocycles. The number of hydrogen-bond donors (Lipinski definition) is 0. The third kappa shape index (κ3) is 3.67. The molecule has 0 bridgehead atoms. The van der Waals surface area contributed by atoms with E-state index >= 15 is 0 Å². The Balaban J connectivity index is 1.99. The SMILES string of the molecule is COc1ccc(CC(C)Oc2ccccc2OC)cc1. The van der Waals surface area contributed by atoms with Crippen LogP contribution in [0.25, 0.3) is 0 Å². The van der Waals surface area contributed by atoms with E-state index in [1.54, 1.807) is 14.2 Å². The van der Waals surface area contributed by atoms with E-state index < -0.39 is 0 Å². The molecule has 0 aliphatic rings. The minimum absolute atomic E-state index is 0.0692. The second-order valence-corrected chi connectivity index (χ2v) is 4.63. The fraction of sp³-hybridized carbons (Fsp3) is 0.294. The van der Waals surface area contributed by atoms with Crippen molar-refractivity contribution >= 4 is 0 Å². The molecule has 1 atom stereocenters. The summed E-state index contributed by atoms with van der Waals surface area (Å²) in [6.07, 6.45) is 0.905. The molecule has 20 heavy (non-hydrogen) atoms. The molecule has 0 aromatic heterocycles. The summed E-state index contributed by atoms with van der Waals surface area (Å²) in [6, 6.07) is 15.7. The van der Waals surface area contributed by atoms with Crippen molar-refractivity contribution in [3.05, 3.63) is 54.1 Å². The molecule has 0 fully saturated rings. The third-order valence-electron chi connectivity index (χ3n) is 3.08. The van der Waals surface area contributed by atoms with Crippen molar-refractivity contribution in [2.45, 2.75) is 19.4 Å². The lowest BCUT2D eigenvalue weighted by Gasteiger charge is -2.17. The zero-order valence-electron chi connectivity index (χ0n) is 12.1. The molecular formula is C17H20O3. The van der Waals surface area contributed by atoms with Crippen molar-refractivity contribution in [3.63, 3.8) is 0 Å². The molecule has 0 saturated carbocycles. The first-order chi connectivity index (χ1) is 9.72. The summed E-state index contributed by atoms with van der Waals surface area (Å²) in [5.74, 6) is 2.40. The van der Waals surface area contributed by atoms with Crippen LogP contribution in [0.1, 0.15) is 12.5 Å². The number of methoxy groups -OCH3 is 2. The lowest BCUT2D eigenvalue weighted by molar-refractivity contribution is 0.212. The van der Waals surface area contributed by atoms with Crippen molar-refractivity contribution in [3.8, 4) is 17.2 Å². The summed E-state index contributed by atoms with van der Waals surface area (Å²) >= 11 is 0. The number of para-hydroxylation sites is 2. The fourth-order valence-corrected chi connectivity index (χ4v) is 2.07. The van der Waals surface area contributed by atoms with Crippen LogP contribution in [-0.4, -0.2) is 20.3 Å². The van der Waals surface area contributed by atoms with E-state index in [4.69, 9.17) is 14.2 Å². The van der Waals surface area contributed by atoms with E-state index in [0.717, 1.165) is 23.7 Å². The second kappa shape index (κ2) is 6.85. The van der Waals surface area contributed by atoms with Gasteiger partial charge in [-0.2, -0.15) is 0 Å². The first-order valence-electron chi connectivity index (χ1n) is 6.65. The Morgan fingerprint density at radius 3 is 2.10 bits per heavy atom. The molecule has 3 nitrogen and oxygen atoms in total. The first-order valence-corrected chi connectivity index (χ1v) is 6.65. The highest BCUT2D eigenvalue weighted by atomic mass is 16.5. The molecule has 0 N–H and O–H groups in total. The van der Waals surface area contributed by atoms with Gasteiger partial charge < -0.3 is 14.2 Å². The maximum absolute atomic E-state index is 5.94. The van der Waals surface area contributed by atoms with Gasteiger partial charge in [-0.15, -0.1) is 0 Å². The molecule has 0 spiro atoms. The van der Waals surface area contributed by atoms with E-state index in [1.165, 1.54) is 5.56 Å². The van der Waals surface area contributed by atoms with Crippen LogP contribution in [0.3, 0.4) is 0 Å². The maximum atomic E-state index is 5.94. The summed E-state index contributed by atoms with van der Waals surface area (Å²) in [4.78, 5) is 0. The molecule has 0 aliphatic heterocycles. The quantitative estimate of drug-likeness (QED) is 0.802. The molecule has 2 aromatic carbocycles. The summed E-state index contributed by atoms with van der Waals surface area (Å²) in [6.45, 7) is 2.05. The zero-order chi connectivity index (χ0) is 14.4. The molecule has 3 heteroatoms. The average molecular weight is 272 g/mol. The van der Waals surface area contributed by atoms with Crippen LogP contribution in [-0.2, 0) is 6.42 Å². The van der Waals surface area contributed by atoms with Crippen LogP contribution in [0.15, 0.2) is 48.5 Å². The fourth-order valence-electron chi connectivity index (χ4n) is 2.07. The molecule has 106 valence electrons. The summed E-state index contributed by atoms with van der Waals surface area (Å²) in [5, 5.41) is 0. The van der Waals surface area contributed by atoms with Gasteiger partial charge in [0.1, 0.15) is 11.9 Å². The van der Waals surface area contributed by atoms with Crippen LogP contribution in [0.2, 0.25) is 0 Å². The van der Waals surface area contributed by atoms with Gasteiger partial charge in [-0.05, 0) is 36.8 Å². The van der Waals surface area contributed by atoms with Gasteiger partial charge >= 0.3 is 0 Å². The maximum Gasteiger partial charge on any atom is 0.161 e. The van der Waals surface area contributed by atoms with Gasteiger partial charge in [0, 0.05) is 6.42 Å². The molecule has 0 heterocycles. The van der Waals surface area contributed by atoms with Gasteiger partial charge in [0.05, 0.1) is 14.2 Å². The van der Waals surface area contributed by atoms with Crippen LogP contribution in [0.5, 0.6) is 17.2 Å². The third-order valence-corrected chi connectivity index (χ3v) is 3.08. The summed E-state index contributed by atoms with van der Waals surface area (Å²) < 4.78 is 16.4. The van der Waals surface area contributed by atoms with Crippen LogP contribution in [0, 0.1) is 0 Å². The Morgan fingerprint density at radius 1 is 0.850 bits per heavy atom. The van der Waals surface area contributed by atoms with Crippen molar-refractivity contribution in [1.82, 2.24) is 0 Å². The van der Waals surface area contributed by atoms with E-state index in [1.807, 2.05) is 36.4 Å². The number of ether oxygens (including phenoxy) is 3. The minimum Gasteiger partial charge on any atom is -0.497 e. The molecule has 2 rings (SSSR count). The highest BCUT2D eigenvalue weighted by molar-refractivity contribution is 5.39. The highest BCUT2D eigenvalue weighted by Gasteiger charge is 2.09. The van der Waals surface area contributed by atoms with Crippen molar-refractivity contribution in [2.24, 2.45) is 0 Å². The number of hydrogen-bond acceptors (Lipinski definition) is 3. The van der Waals surface area contributed by atoms with E-state index in [9.17, 15) is 0 Å². The monoisotopic (exact) mass is 272 g/mol. The lowest BCUT2D eigenvalue weighted by atomic mass is 10.1. The number of rotatable bonds is 6. The molecule has 0 amide bonds. The Hall–Kier alpha value is -2.16. The Bertz CT molecular complexity index is 534. The zero-order valence-corrected chi connectivity index (χ0v) is 12.1. The second-order valence-electron chi connectivity index (χ2n) is 4.63. The summed E-state index contributed by atoms with van der Waals surface area (Å²) in [5.41, 5.74) is 1.22. The largest absolute Gasteiger partial charge is 0.497 e. The first kappa shape index (κ1) is 14.3. The van der Waals surface area contributed by atoms with Gasteiger partial charge in [-0.1, -0.05) is 24.3 Å². The summed E-state index contributed by atoms with van der Waals surface area (Å²) in [7, 11) is 3.32. The average Bonchev–Trinajstić information content (AvgIpc) is 2.48. The van der Waals surface area contributed by atoms with Crippen molar-refractivity contribution < 1.29 is 14.2 Å². The molecular weight excluding hydrogens is 252 g/mol. The van der Waals surface area contributed by atoms with Gasteiger partial charge in [0.15, 0.2) is 11.5 Å². The van der Waals surface area contributed by atoms with E-state index in [0.29, 0.717) is 0 Å². The van der Waals surface area contributed by atoms with E-state index in [-0.39, 0.29) is 6.10 Å². The Morgan fingerprint density at radius 2 is 1.50 bits per heavy atom. The predicted octanol–water partition coefficient (Wildman–Crippen LogP) is 3.71. The van der Waals surface area contributed by atoms with Gasteiger partial charge in [-0.3, -0.25) is 0 Å². The highest BCUT2D eigenvalue weighted by Crippen LogP contribution is 2.27. The topological polar surface area (TPSA) is 27.7 Å². The van der Waals surface area contributed by atoms with Crippen molar-refractivity contribution in [2.75, 3.05) is 14.2 Å². The number of benzene rings is 2. The molecule has 0 aliphatic carbocycles. The normalized spacial score (nSPS) is 11.8. The van der Waals surface area contributed by atoms with E-state index in [2.05, 4.69) is 19.1 Å². The van der Waals surface area contributed by atoms with Crippen LogP contribution in [0.4, 0.5) is 0 Å². The van der Waals surface area contributed by atoms with Gasteiger partial charge in [0.25, 0.3) is 0 Å². The minimum atomic E-state index is 0.0692. The van der Waals surface area contributed by atoms with Gasteiger partial charge in [0.2, 0.25) is 0 Å². The predicted molar refractivity (Wildman–Crippen MR) is 79.8 cm³/mol. The Labute approximate surface area is 120 Å². The lowest BCUT2D eigenvalue weighted by Crippen LogP contribution is -2.15. The standard InChI is InChI=1S/C17H20O3/c1-13(12-14-8-10-15(18-2)11-9-14)20-17-7-5-4-6-16(17)19-3/h4-11,13H,12H2,1-3H3. The molecule has 1 unspecified atom stereocenters. The molecule has 2 aromatic rings. The van der Waals surface area contributed by atoms with Crippen LogP contribution < -0.4 is 14.2 Å². The smallest absolute Gasteiger partial charge is 0.161 e. The van der Waals surface area contributed by atoms with Crippen molar-refractivity contribution in [1.29, 1.82) is 0 Å². The Kier molecular flexibility index (Phi) is 4.88. The van der Waals surface area contributed by atoms with Gasteiger partial charge in [-0.25, -0.2) is 0 Å². The van der Waals surface area contributed by atoms with Crippen LogP contribution >= 0.6 is 0 Å².